The number of rotatable bonds is 7. The van der Waals surface area contributed by atoms with Gasteiger partial charge in [0, 0.05) is 47.2 Å². The molecule has 1 fully saturated rings. The fraction of sp³-hybridized carbons (Fsp3) is 0.333. The van der Waals surface area contributed by atoms with Crippen molar-refractivity contribution in [2.45, 2.75) is 25.4 Å². The van der Waals surface area contributed by atoms with Crippen LogP contribution in [0.4, 0.5) is 0 Å². The van der Waals surface area contributed by atoms with Crippen LogP contribution in [-0.2, 0) is 11.3 Å². The van der Waals surface area contributed by atoms with Crippen molar-refractivity contribution in [3.8, 4) is 17.1 Å². The number of benzene rings is 1. The van der Waals surface area contributed by atoms with Crippen molar-refractivity contribution >= 4 is 30.1 Å². The quantitative estimate of drug-likeness (QED) is 0.513. The second-order valence-corrected chi connectivity index (χ2v) is 6.76. The Morgan fingerprint density at radius 2 is 2.19 bits per heavy atom. The lowest BCUT2D eigenvalue weighted by Gasteiger charge is -2.14. The van der Waals surface area contributed by atoms with Crippen LogP contribution in [-0.4, -0.2) is 47.8 Å². The molecule has 1 aromatic heterocycles. The predicted octanol–water partition coefficient (Wildman–Crippen LogP) is 0.459. The number of carbonyl (C=O) groups is 1. The van der Waals surface area contributed by atoms with E-state index in [0.29, 0.717) is 36.6 Å². The third-order valence-corrected chi connectivity index (χ3v) is 4.93. The predicted molar refractivity (Wildman–Crippen MR) is 104 cm³/mol. The second-order valence-electron chi connectivity index (χ2n) is 6.38. The van der Waals surface area contributed by atoms with E-state index in [0.717, 1.165) is 12.0 Å². The minimum atomic E-state index is -1.65. The molecule has 142 valence electrons. The number of carbonyl (C=O) groups excluding carboxylic acids is 1. The zero-order valence-electron chi connectivity index (χ0n) is 14.9. The second kappa shape index (κ2) is 8.71. The number of aromatic nitrogens is 1. The molecule has 2 heterocycles. The summed E-state index contributed by atoms with van der Waals surface area (Å²) in [5, 5.41) is 25.3. The summed E-state index contributed by atoms with van der Waals surface area (Å²) in [5.74, 6) is 0.555. The normalized spacial score (nSPS) is 16.3. The number of ether oxygens (including phenoxy) is 1. The van der Waals surface area contributed by atoms with Gasteiger partial charge in [0.2, 0.25) is 11.8 Å². The number of nitrogens with one attached hydrogen (secondary N) is 2. The summed E-state index contributed by atoms with van der Waals surface area (Å²) in [6.45, 7) is 1.23. The minimum absolute atomic E-state index is 0.0949. The first-order chi connectivity index (χ1) is 13.0. The molecule has 0 radical (unpaired) electrons. The van der Waals surface area contributed by atoms with Crippen molar-refractivity contribution in [2.75, 3.05) is 13.7 Å². The maximum absolute atomic E-state index is 11.2. The van der Waals surface area contributed by atoms with Gasteiger partial charge in [-0.3, -0.25) is 4.79 Å². The van der Waals surface area contributed by atoms with Gasteiger partial charge in [0.1, 0.15) is 0 Å². The van der Waals surface area contributed by atoms with Crippen molar-refractivity contribution < 1.29 is 19.6 Å². The largest absolute Gasteiger partial charge is 0.489 e. The molecule has 1 aliphatic rings. The molecule has 27 heavy (non-hydrogen) atoms. The van der Waals surface area contributed by atoms with Gasteiger partial charge >= 0.3 is 7.12 Å². The number of pyridine rings is 1. The molecule has 0 spiro atoms. The van der Waals surface area contributed by atoms with Crippen LogP contribution < -0.4 is 20.8 Å². The van der Waals surface area contributed by atoms with Gasteiger partial charge in [-0.2, -0.15) is 0 Å². The molecule has 4 N–H and O–H groups in total. The van der Waals surface area contributed by atoms with Crippen molar-refractivity contribution in [2.24, 2.45) is 0 Å². The summed E-state index contributed by atoms with van der Waals surface area (Å²) >= 11 is 6.29. The van der Waals surface area contributed by atoms with Crippen LogP contribution >= 0.6 is 11.6 Å². The first-order valence-corrected chi connectivity index (χ1v) is 9.06. The summed E-state index contributed by atoms with van der Waals surface area (Å²) < 4.78 is 5.40. The third-order valence-electron chi connectivity index (χ3n) is 4.51. The standard InChI is InChI=1S/C18H21BClN3O4/c1-27-18-11(9-21-10-12-6-8-16(24)22-12)5-7-15(23-18)13-3-2-4-14(17(13)20)19(25)26/h2-5,7,12,21,25-26H,6,8-10H2,1H3,(H,22,24)/t12-/m0/s1. The van der Waals surface area contributed by atoms with Gasteiger partial charge in [-0.05, 0) is 12.5 Å². The Bertz CT molecular complexity index is 834. The fourth-order valence-electron chi connectivity index (χ4n) is 3.09. The van der Waals surface area contributed by atoms with Crippen LogP contribution in [0.3, 0.4) is 0 Å². The van der Waals surface area contributed by atoms with Gasteiger partial charge in [0.25, 0.3) is 0 Å². The number of amides is 1. The van der Waals surface area contributed by atoms with Gasteiger partial charge in [-0.25, -0.2) is 4.98 Å². The van der Waals surface area contributed by atoms with E-state index in [1.165, 1.54) is 0 Å². The van der Waals surface area contributed by atoms with Crippen molar-refractivity contribution in [3.05, 3.63) is 40.9 Å². The lowest BCUT2D eigenvalue weighted by molar-refractivity contribution is -0.119. The highest BCUT2D eigenvalue weighted by Crippen LogP contribution is 2.28. The summed E-state index contributed by atoms with van der Waals surface area (Å²) in [6.07, 6.45) is 1.42. The molecule has 0 aliphatic carbocycles. The maximum Gasteiger partial charge on any atom is 0.489 e. The zero-order valence-corrected chi connectivity index (χ0v) is 15.7. The molecule has 0 unspecified atom stereocenters. The lowest BCUT2D eigenvalue weighted by Crippen LogP contribution is -2.35. The van der Waals surface area contributed by atoms with Gasteiger partial charge in [-0.15, -0.1) is 0 Å². The Hall–Kier alpha value is -2.13. The fourth-order valence-corrected chi connectivity index (χ4v) is 3.41. The topological polar surface area (TPSA) is 104 Å². The van der Waals surface area contributed by atoms with E-state index in [4.69, 9.17) is 16.3 Å². The van der Waals surface area contributed by atoms with Crippen LogP contribution in [0.15, 0.2) is 30.3 Å². The molecular weight excluding hydrogens is 368 g/mol. The van der Waals surface area contributed by atoms with Gasteiger partial charge in [-0.1, -0.05) is 35.9 Å². The van der Waals surface area contributed by atoms with E-state index >= 15 is 0 Å². The molecule has 1 aromatic carbocycles. The lowest BCUT2D eigenvalue weighted by atomic mass is 9.79. The van der Waals surface area contributed by atoms with E-state index < -0.39 is 7.12 Å². The van der Waals surface area contributed by atoms with Gasteiger partial charge in [0.15, 0.2) is 0 Å². The van der Waals surface area contributed by atoms with E-state index in [-0.39, 0.29) is 22.4 Å². The van der Waals surface area contributed by atoms with E-state index in [2.05, 4.69) is 15.6 Å². The molecule has 0 bridgehead atoms. The van der Waals surface area contributed by atoms with E-state index in [1.807, 2.05) is 12.1 Å². The summed E-state index contributed by atoms with van der Waals surface area (Å²) in [4.78, 5) is 15.7. The Morgan fingerprint density at radius 3 is 2.85 bits per heavy atom. The number of nitrogens with zero attached hydrogens (tertiary/aromatic N) is 1. The molecule has 0 saturated carbocycles. The highest BCUT2D eigenvalue weighted by atomic mass is 35.5. The highest BCUT2D eigenvalue weighted by molar-refractivity contribution is 6.63. The Morgan fingerprint density at radius 1 is 1.37 bits per heavy atom. The van der Waals surface area contributed by atoms with Crippen LogP contribution in [0.25, 0.3) is 11.3 Å². The van der Waals surface area contributed by atoms with Crippen LogP contribution in [0.1, 0.15) is 18.4 Å². The van der Waals surface area contributed by atoms with Gasteiger partial charge < -0.3 is 25.4 Å². The number of hydrogen-bond acceptors (Lipinski definition) is 6. The van der Waals surface area contributed by atoms with Crippen LogP contribution in [0.2, 0.25) is 5.02 Å². The van der Waals surface area contributed by atoms with Gasteiger partial charge in [0.05, 0.1) is 12.8 Å². The van der Waals surface area contributed by atoms with Crippen LogP contribution in [0.5, 0.6) is 5.88 Å². The highest BCUT2D eigenvalue weighted by Gasteiger charge is 2.21. The smallest absolute Gasteiger partial charge is 0.481 e. The molecule has 2 aromatic rings. The van der Waals surface area contributed by atoms with Crippen molar-refractivity contribution in [3.63, 3.8) is 0 Å². The first kappa shape index (κ1) is 19.6. The average molecular weight is 390 g/mol. The van der Waals surface area contributed by atoms with E-state index in [9.17, 15) is 14.8 Å². The molecule has 3 rings (SSSR count). The van der Waals surface area contributed by atoms with Crippen molar-refractivity contribution in [1.29, 1.82) is 0 Å². The number of methoxy groups -OCH3 is 1. The molecule has 7 nitrogen and oxygen atoms in total. The molecule has 9 heteroatoms. The summed E-state index contributed by atoms with van der Waals surface area (Å²) in [7, 11) is -0.110. The number of halogens is 1. The monoisotopic (exact) mass is 389 g/mol. The Balaban J connectivity index is 1.74. The molecule has 1 atom stereocenters. The summed E-state index contributed by atoms with van der Waals surface area (Å²) in [5.41, 5.74) is 2.26. The number of hydrogen-bond donors (Lipinski definition) is 4. The minimum Gasteiger partial charge on any atom is -0.481 e. The summed E-state index contributed by atoms with van der Waals surface area (Å²) in [6, 6.07) is 8.85. The molecule has 1 amide bonds. The Kier molecular flexibility index (Phi) is 6.33. The first-order valence-electron chi connectivity index (χ1n) is 8.68. The SMILES string of the molecule is COc1nc(-c2cccc(B(O)O)c2Cl)ccc1CNC[C@@H]1CCC(=O)N1. The Labute approximate surface area is 162 Å². The maximum atomic E-state index is 11.2. The third kappa shape index (κ3) is 4.59. The molecule has 1 aliphatic heterocycles. The molecule has 1 saturated heterocycles. The van der Waals surface area contributed by atoms with E-state index in [1.54, 1.807) is 25.3 Å². The molecular formula is C18H21BClN3O4. The van der Waals surface area contributed by atoms with Crippen LogP contribution in [0, 0.1) is 0 Å². The van der Waals surface area contributed by atoms with Crippen molar-refractivity contribution in [1.82, 2.24) is 15.6 Å². The zero-order chi connectivity index (χ0) is 19.4. The average Bonchev–Trinajstić information content (AvgIpc) is 3.07.